The maximum absolute atomic E-state index is 12.1. The van der Waals surface area contributed by atoms with Gasteiger partial charge in [0.2, 0.25) is 0 Å². The lowest BCUT2D eigenvalue weighted by Gasteiger charge is -2.35. The number of rotatable bonds is 2. The molecule has 2 heterocycles. The van der Waals surface area contributed by atoms with Gasteiger partial charge in [0.05, 0.1) is 0 Å². The molecule has 2 aliphatic heterocycles. The zero-order valence-electron chi connectivity index (χ0n) is 11.6. The molecular weight excluding hydrogens is 226 g/mol. The van der Waals surface area contributed by atoms with Crippen molar-refractivity contribution in [3.63, 3.8) is 0 Å². The maximum Gasteiger partial charge on any atom is 0.317 e. The predicted molar refractivity (Wildman–Crippen MR) is 73.7 cm³/mol. The van der Waals surface area contributed by atoms with Crippen molar-refractivity contribution in [2.75, 3.05) is 32.7 Å². The fraction of sp³-hybridized carbons (Fsp3) is 0.929. The molecule has 2 aliphatic rings. The second-order valence-electron chi connectivity index (χ2n) is 6.12. The van der Waals surface area contributed by atoms with Crippen molar-refractivity contribution in [2.24, 2.45) is 5.41 Å². The smallest absolute Gasteiger partial charge is 0.317 e. The van der Waals surface area contributed by atoms with E-state index in [2.05, 4.69) is 17.6 Å². The highest BCUT2D eigenvalue weighted by molar-refractivity contribution is 5.74. The average Bonchev–Trinajstić information content (AvgIpc) is 2.66. The molecule has 2 saturated heterocycles. The third-order valence-electron chi connectivity index (χ3n) is 4.37. The minimum atomic E-state index is 0.150. The van der Waals surface area contributed by atoms with Crippen LogP contribution >= 0.6 is 0 Å². The van der Waals surface area contributed by atoms with Crippen LogP contribution in [0.2, 0.25) is 0 Å². The van der Waals surface area contributed by atoms with Gasteiger partial charge in [-0.2, -0.15) is 0 Å². The Bertz CT molecular complexity index is 266. The first-order valence-electron chi connectivity index (χ1n) is 7.43. The second-order valence-corrected chi connectivity index (χ2v) is 6.12. The summed E-state index contributed by atoms with van der Waals surface area (Å²) in [5, 5.41) is 6.53. The summed E-state index contributed by atoms with van der Waals surface area (Å²) in [4.78, 5) is 14.1. The van der Waals surface area contributed by atoms with Gasteiger partial charge in [-0.3, -0.25) is 0 Å². The number of nitrogens with zero attached hydrogens (tertiary/aromatic N) is 1. The largest absolute Gasteiger partial charge is 0.337 e. The topological polar surface area (TPSA) is 44.4 Å². The van der Waals surface area contributed by atoms with Crippen LogP contribution in [0.25, 0.3) is 0 Å². The molecule has 0 aromatic rings. The SMILES string of the molecule is CC1(CNC(=O)N2CCCCCC2)CCNCC1. The molecule has 2 rings (SSSR count). The highest BCUT2D eigenvalue weighted by Gasteiger charge is 2.27. The van der Waals surface area contributed by atoms with Crippen LogP contribution in [-0.2, 0) is 0 Å². The van der Waals surface area contributed by atoms with E-state index in [9.17, 15) is 4.79 Å². The van der Waals surface area contributed by atoms with Crippen LogP contribution in [0.1, 0.15) is 45.4 Å². The maximum atomic E-state index is 12.1. The zero-order chi connectivity index (χ0) is 12.8. The van der Waals surface area contributed by atoms with Crippen molar-refractivity contribution < 1.29 is 4.79 Å². The number of urea groups is 1. The Morgan fingerprint density at radius 3 is 2.39 bits per heavy atom. The van der Waals surface area contributed by atoms with Crippen molar-refractivity contribution in [1.82, 2.24) is 15.5 Å². The van der Waals surface area contributed by atoms with Gasteiger partial charge < -0.3 is 15.5 Å². The van der Waals surface area contributed by atoms with Crippen molar-refractivity contribution in [1.29, 1.82) is 0 Å². The first-order valence-corrected chi connectivity index (χ1v) is 7.43. The Morgan fingerprint density at radius 1 is 1.17 bits per heavy atom. The number of carbonyl (C=O) groups excluding carboxylic acids is 1. The van der Waals surface area contributed by atoms with Gasteiger partial charge in [0, 0.05) is 19.6 Å². The average molecular weight is 253 g/mol. The van der Waals surface area contributed by atoms with Crippen LogP contribution in [0.4, 0.5) is 4.79 Å². The second kappa shape index (κ2) is 6.41. The predicted octanol–water partition coefficient (Wildman–Crippen LogP) is 1.96. The molecule has 2 amide bonds. The number of amides is 2. The lowest BCUT2D eigenvalue weighted by Crippen LogP contribution is -2.47. The van der Waals surface area contributed by atoms with E-state index >= 15 is 0 Å². The molecule has 0 unspecified atom stereocenters. The van der Waals surface area contributed by atoms with E-state index in [4.69, 9.17) is 0 Å². The zero-order valence-corrected chi connectivity index (χ0v) is 11.6. The van der Waals surface area contributed by atoms with E-state index in [0.717, 1.165) is 58.4 Å². The van der Waals surface area contributed by atoms with E-state index in [1.54, 1.807) is 0 Å². The summed E-state index contributed by atoms with van der Waals surface area (Å²) in [6, 6.07) is 0.150. The summed E-state index contributed by atoms with van der Waals surface area (Å²) >= 11 is 0. The van der Waals surface area contributed by atoms with Crippen LogP contribution in [0.3, 0.4) is 0 Å². The van der Waals surface area contributed by atoms with Crippen molar-refractivity contribution >= 4 is 6.03 Å². The molecule has 0 aromatic heterocycles. The number of carbonyl (C=O) groups is 1. The fourth-order valence-corrected chi connectivity index (χ4v) is 2.88. The third kappa shape index (κ3) is 3.87. The van der Waals surface area contributed by atoms with Crippen molar-refractivity contribution in [3.05, 3.63) is 0 Å². The summed E-state index contributed by atoms with van der Waals surface area (Å²) in [7, 11) is 0. The van der Waals surface area contributed by atoms with E-state index in [0.29, 0.717) is 0 Å². The van der Waals surface area contributed by atoms with Crippen LogP contribution in [-0.4, -0.2) is 43.7 Å². The molecule has 0 saturated carbocycles. The molecule has 4 nitrogen and oxygen atoms in total. The molecule has 2 fully saturated rings. The molecule has 0 atom stereocenters. The summed E-state index contributed by atoms with van der Waals surface area (Å²) in [5.41, 5.74) is 0.284. The minimum absolute atomic E-state index is 0.150. The van der Waals surface area contributed by atoms with Crippen LogP contribution < -0.4 is 10.6 Å². The lowest BCUT2D eigenvalue weighted by molar-refractivity contribution is 0.180. The van der Waals surface area contributed by atoms with Crippen LogP contribution in [0, 0.1) is 5.41 Å². The molecule has 0 aromatic carbocycles. The molecule has 0 spiro atoms. The molecule has 0 aliphatic carbocycles. The van der Waals surface area contributed by atoms with Gasteiger partial charge in [-0.05, 0) is 44.2 Å². The standard InChI is InChI=1S/C14H27N3O/c1-14(6-8-15-9-7-14)12-16-13(18)17-10-4-2-3-5-11-17/h15H,2-12H2,1H3,(H,16,18). The molecule has 4 heteroatoms. The van der Waals surface area contributed by atoms with Gasteiger partial charge in [-0.25, -0.2) is 4.79 Å². The van der Waals surface area contributed by atoms with Crippen molar-refractivity contribution in [2.45, 2.75) is 45.4 Å². The summed E-state index contributed by atoms with van der Waals surface area (Å²) in [6.45, 7) is 7.14. The number of nitrogens with one attached hydrogen (secondary N) is 2. The Hall–Kier alpha value is -0.770. The van der Waals surface area contributed by atoms with E-state index in [1.807, 2.05) is 4.90 Å². The Balaban J connectivity index is 1.76. The van der Waals surface area contributed by atoms with Gasteiger partial charge in [0.1, 0.15) is 0 Å². The highest BCUT2D eigenvalue weighted by Crippen LogP contribution is 2.26. The van der Waals surface area contributed by atoms with Gasteiger partial charge in [-0.1, -0.05) is 19.8 Å². The van der Waals surface area contributed by atoms with Gasteiger partial charge in [-0.15, -0.1) is 0 Å². The van der Waals surface area contributed by atoms with E-state index < -0.39 is 0 Å². The molecule has 18 heavy (non-hydrogen) atoms. The fourth-order valence-electron chi connectivity index (χ4n) is 2.88. The Kier molecular flexibility index (Phi) is 4.87. The Morgan fingerprint density at radius 2 is 1.78 bits per heavy atom. The third-order valence-corrected chi connectivity index (χ3v) is 4.37. The minimum Gasteiger partial charge on any atom is -0.337 e. The van der Waals surface area contributed by atoms with E-state index in [1.165, 1.54) is 12.8 Å². The number of piperidine rings is 1. The monoisotopic (exact) mass is 253 g/mol. The molecule has 0 radical (unpaired) electrons. The number of hydrogen-bond acceptors (Lipinski definition) is 2. The molecule has 0 bridgehead atoms. The van der Waals surface area contributed by atoms with Gasteiger partial charge in [0.25, 0.3) is 0 Å². The van der Waals surface area contributed by atoms with E-state index in [-0.39, 0.29) is 11.4 Å². The molecule has 104 valence electrons. The first-order chi connectivity index (χ1) is 8.70. The Labute approximate surface area is 110 Å². The van der Waals surface area contributed by atoms with Crippen molar-refractivity contribution in [3.8, 4) is 0 Å². The summed E-state index contributed by atoms with van der Waals surface area (Å²) in [5.74, 6) is 0. The summed E-state index contributed by atoms with van der Waals surface area (Å²) < 4.78 is 0. The normalized spacial score (nSPS) is 24.4. The van der Waals surface area contributed by atoms with Crippen LogP contribution in [0.5, 0.6) is 0 Å². The van der Waals surface area contributed by atoms with Gasteiger partial charge >= 0.3 is 6.03 Å². The highest BCUT2D eigenvalue weighted by atomic mass is 16.2. The first kappa shape index (κ1) is 13.7. The number of likely N-dealkylation sites (tertiary alicyclic amines) is 1. The summed E-state index contributed by atoms with van der Waals surface area (Å²) in [6.07, 6.45) is 7.18. The van der Waals surface area contributed by atoms with Gasteiger partial charge in [0.15, 0.2) is 0 Å². The lowest BCUT2D eigenvalue weighted by atomic mass is 9.81. The quantitative estimate of drug-likeness (QED) is 0.790. The molecular formula is C14H27N3O. The van der Waals surface area contributed by atoms with Crippen LogP contribution in [0.15, 0.2) is 0 Å². The number of hydrogen-bond donors (Lipinski definition) is 2. The molecule has 2 N–H and O–H groups in total.